The Morgan fingerprint density at radius 1 is 1.50 bits per heavy atom. The van der Waals surface area contributed by atoms with Gasteiger partial charge in [-0.15, -0.1) is 0 Å². The van der Waals surface area contributed by atoms with E-state index in [-0.39, 0.29) is 12.2 Å². The predicted molar refractivity (Wildman–Crippen MR) is 75.2 cm³/mol. The highest BCUT2D eigenvalue weighted by molar-refractivity contribution is 5.67. The number of unbranched alkanes of at least 4 members (excludes halogenated alkanes) is 1. The second-order valence-electron chi connectivity index (χ2n) is 6.01. The first-order valence-corrected chi connectivity index (χ1v) is 7.14. The molecule has 0 spiro atoms. The lowest BCUT2D eigenvalue weighted by Gasteiger charge is -2.39. The molecule has 6 nitrogen and oxygen atoms in total. The lowest BCUT2D eigenvalue weighted by Crippen LogP contribution is -2.54. The summed E-state index contributed by atoms with van der Waals surface area (Å²) in [5.41, 5.74) is -0.530. The minimum absolute atomic E-state index is 0.0831. The summed E-state index contributed by atoms with van der Waals surface area (Å²) in [4.78, 5) is 22.7. The van der Waals surface area contributed by atoms with Gasteiger partial charge in [0, 0.05) is 26.1 Å². The van der Waals surface area contributed by atoms with Crippen molar-refractivity contribution in [3.8, 4) is 0 Å². The molecule has 1 aliphatic rings. The first-order chi connectivity index (χ1) is 9.33. The summed E-state index contributed by atoms with van der Waals surface area (Å²) in [6, 6.07) is 0. The van der Waals surface area contributed by atoms with Crippen molar-refractivity contribution < 1.29 is 19.1 Å². The van der Waals surface area contributed by atoms with Gasteiger partial charge in [0.1, 0.15) is 11.9 Å². The van der Waals surface area contributed by atoms with Gasteiger partial charge in [0.25, 0.3) is 0 Å². The maximum absolute atomic E-state index is 12.3. The monoisotopic (exact) mass is 286 g/mol. The Labute approximate surface area is 121 Å². The molecule has 116 valence electrons. The van der Waals surface area contributed by atoms with Gasteiger partial charge in [0.05, 0.1) is 12.7 Å². The molecule has 0 aromatic carbocycles. The van der Waals surface area contributed by atoms with Gasteiger partial charge in [0.2, 0.25) is 0 Å². The molecule has 20 heavy (non-hydrogen) atoms. The molecular weight excluding hydrogens is 260 g/mol. The number of carbonyl (C=O) groups excluding carboxylic acids is 2. The smallest absolute Gasteiger partial charge is 0.424 e. The maximum atomic E-state index is 12.3. The molecule has 0 aromatic rings. The van der Waals surface area contributed by atoms with Crippen LogP contribution in [-0.2, 0) is 14.3 Å². The SMILES string of the molecule is CC1CN(N(CCCC=O)C(=O)OC(C)(C)C)CCO1. The van der Waals surface area contributed by atoms with Crippen LogP contribution in [0.2, 0.25) is 0 Å². The van der Waals surface area contributed by atoms with Crippen LogP contribution in [0.5, 0.6) is 0 Å². The van der Waals surface area contributed by atoms with Gasteiger partial charge in [-0.25, -0.2) is 14.8 Å². The Kier molecular flexibility index (Phi) is 6.42. The predicted octanol–water partition coefficient (Wildman–Crippen LogP) is 1.84. The number of hydrogen-bond acceptors (Lipinski definition) is 5. The zero-order valence-corrected chi connectivity index (χ0v) is 12.9. The summed E-state index contributed by atoms with van der Waals surface area (Å²) >= 11 is 0. The number of hydrogen-bond donors (Lipinski definition) is 0. The first-order valence-electron chi connectivity index (χ1n) is 7.14. The largest absolute Gasteiger partial charge is 0.443 e. The summed E-state index contributed by atoms with van der Waals surface area (Å²) in [5.74, 6) is 0. The van der Waals surface area contributed by atoms with E-state index in [1.165, 1.54) is 0 Å². The third-order valence-electron chi connectivity index (χ3n) is 2.86. The van der Waals surface area contributed by atoms with E-state index in [2.05, 4.69) is 0 Å². The molecule has 1 aliphatic heterocycles. The third kappa shape index (κ3) is 5.88. The van der Waals surface area contributed by atoms with E-state index in [9.17, 15) is 9.59 Å². The Balaban J connectivity index is 2.67. The molecule has 6 heteroatoms. The molecule has 1 amide bonds. The molecule has 1 saturated heterocycles. The molecule has 0 N–H and O–H groups in total. The fourth-order valence-electron chi connectivity index (χ4n) is 2.01. The highest BCUT2D eigenvalue weighted by Crippen LogP contribution is 2.15. The lowest BCUT2D eigenvalue weighted by molar-refractivity contribution is -0.117. The minimum Gasteiger partial charge on any atom is -0.443 e. The number of aldehydes is 1. The summed E-state index contributed by atoms with van der Waals surface area (Å²) in [5, 5.41) is 3.56. The zero-order valence-electron chi connectivity index (χ0n) is 12.9. The molecule has 1 rings (SSSR count). The van der Waals surface area contributed by atoms with Crippen LogP contribution in [0, 0.1) is 0 Å². The minimum atomic E-state index is -0.530. The highest BCUT2D eigenvalue weighted by atomic mass is 16.6. The fraction of sp³-hybridized carbons (Fsp3) is 0.857. The van der Waals surface area contributed by atoms with E-state index in [1.54, 1.807) is 5.01 Å². The second-order valence-corrected chi connectivity index (χ2v) is 6.01. The zero-order chi connectivity index (χ0) is 15.2. The standard InChI is InChI=1S/C14H26N2O4/c1-12-11-15(8-10-19-12)16(7-5-6-9-17)13(18)20-14(2,3)4/h9,12H,5-8,10-11H2,1-4H3. The van der Waals surface area contributed by atoms with E-state index in [0.29, 0.717) is 39.1 Å². The summed E-state index contributed by atoms with van der Waals surface area (Å²) in [7, 11) is 0. The van der Waals surface area contributed by atoms with Crippen LogP contribution in [-0.4, -0.2) is 60.3 Å². The Bertz CT molecular complexity index is 328. The van der Waals surface area contributed by atoms with Crippen molar-refractivity contribution in [1.82, 2.24) is 10.0 Å². The average Bonchev–Trinajstić information content (AvgIpc) is 2.32. The molecule has 1 fully saturated rings. The molecule has 1 heterocycles. The summed E-state index contributed by atoms with van der Waals surface area (Å²) < 4.78 is 10.9. The van der Waals surface area contributed by atoms with Crippen LogP contribution in [0.1, 0.15) is 40.5 Å². The molecule has 1 atom stereocenters. The Morgan fingerprint density at radius 2 is 2.20 bits per heavy atom. The Hall–Kier alpha value is -1.14. The number of amides is 1. The van der Waals surface area contributed by atoms with E-state index in [0.717, 1.165) is 6.29 Å². The van der Waals surface area contributed by atoms with E-state index in [4.69, 9.17) is 9.47 Å². The van der Waals surface area contributed by atoms with Gasteiger partial charge in [-0.1, -0.05) is 0 Å². The van der Waals surface area contributed by atoms with Crippen LogP contribution >= 0.6 is 0 Å². The third-order valence-corrected chi connectivity index (χ3v) is 2.86. The van der Waals surface area contributed by atoms with Gasteiger partial charge in [-0.2, -0.15) is 0 Å². The molecule has 0 radical (unpaired) electrons. The van der Waals surface area contributed by atoms with Crippen LogP contribution in [0.25, 0.3) is 0 Å². The first kappa shape index (κ1) is 16.9. The van der Waals surface area contributed by atoms with E-state index >= 15 is 0 Å². The van der Waals surface area contributed by atoms with Crippen LogP contribution in [0.3, 0.4) is 0 Å². The average molecular weight is 286 g/mol. The number of carbonyl (C=O) groups is 2. The van der Waals surface area contributed by atoms with Crippen molar-refractivity contribution in [2.45, 2.75) is 52.2 Å². The van der Waals surface area contributed by atoms with Crippen molar-refractivity contribution in [2.24, 2.45) is 0 Å². The van der Waals surface area contributed by atoms with E-state index in [1.807, 2.05) is 32.7 Å². The second kappa shape index (κ2) is 7.59. The van der Waals surface area contributed by atoms with Gasteiger partial charge in [0.15, 0.2) is 0 Å². The number of ether oxygens (including phenoxy) is 2. The highest BCUT2D eigenvalue weighted by Gasteiger charge is 2.29. The quantitative estimate of drug-likeness (QED) is 0.570. The van der Waals surface area contributed by atoms with Crippen LogP contribution in [0.4, 0.5) is 4.79 Å². The van der Waals surface area contributed by atoms with E-state index < -0.39 is 5.60 Å². The van der Waals surface area contributed by atoms with Gasteiger partial charge in [-0.3, -0.25) is 0 Å². The molecule has 0 aromatic heterocycles. The molecule has 0 saturated carbocycles. The van der Waals surface area contributed by atoms with Gasteiger partial charge < -0.3 is 14.3 Å². The maximum Gasteiger partial charge on any atom is 0.424 e. The number of morpholine rings is 1. The number of nitrogens with zero attached hydrogens (tertiary/aromatic N) is 2. The van der Waals surface area contributed by atoms with Crippen molar-refractivity contribution in [1.29, 1.82) is 0 Å². The molecule has 1 unspecified atom stereocenters. The molecular formula is C14H26N2O4. The normalized spacial score (nSPS) is 20.5. The lowest BCUT2D eigenvalue weighted by atomic mass is 10.2. The van der Waals surface area contributed by atoms with Crippen LogP contribution < -0.4 is 0 Å². The molecule has 0 aliphatic carbocycles. The topological polar surface area (TPSA) is 59.1 Å². The van der Waals surface area contributed by atoms with Gasteiger partial charge >= 0.3 is 6.09 Å². The van der Waals surface area contributed by atoms with Gasteiger partial charge in [-0.05, 0) is 34.1 Å². The van der Waals surface area contributed by atoms with Crippen molar-refractivity contribution in [3.63, 3.8) is 0 Å². The number of rotatable bonds is 5. The number of hydrazine groups is 1. The molecule has 0 bridgehead atoms. The summed E-state index contributed by atoms with van der Waals surface area (Å²) in [6.07, 6.45) is 1.67. The van der Waals surface area contributed by atoms with Crippen LogP contribution in [0.15, 0.2) is 0 Å². The van der Waals surface area contributed by atoms with Crippen molar-refractivity contribution in [2.75, 3.05) is 26.2 Å². The van der Waals surface area contributed by atoms with Crippen molar-refractivity contribution in [3.05, 3.63) is 0 Å². The van der Waals surface area contributed by atoms with Crippen molar-refractivity contribution >= 4 is 12.4 Å². The Morgan fingerprint density at radius 3 is 2.75 bits per heavy atom. The fourth-order valence-corrected chi connectivity index (χ4v) is 2.01. The summed E-state index contributed by atoms with van der Waals surface area (Å²) in [6.45, 7) is 9.90.